The molecule has 4 atom stereocenters. The smallest absolute Gasteiger partial charge is 0.0666 e. The summed E-state index contributed by atoms with van der Waals surface area (Å²) < 4.78 is 10.5. The lowest BCUT2D eigenvalue weighted by molar-refractivity contribution is 0.127. The van der Waals surface area contributed by atoms with Gasteiger partial charge < -0.3 is 20.3 Å². The number of nitrogens with two attached hydrogens (primary N) is 1. The highest BCUT2D eigenvalue weighted by atomic mass is 32.2. The zero-order valence-corrected chi connectivity index (χ0v) is 10.2. The molecule has 1 heterocycles. The second-order valence-corrected chi connectivity index (χ2v) is 5.36. The molecule has 1 fully saturated rings. The normalized spacial score (nSPS) is 30.4. The average molecular weight is 235 g/mol. The van der Waals surface area contributed by atoms with Gasteiger partial charge in [0.15, 0.2) is 0 Å². The molecule has 0 bridgehead atoms. The fraction of sp³-hybridized carbons (Fsp3) is 1.00. The number of thioether (sulfide) groups is 1. The van der Waals surface area contributed by atoms with Crippen LogP contribution >= 0.6 is 11.8 Å². The monoisotopic (exact) mass is 235 g/mol. The topological polar surface area (TPSA) is 64.7 Å². The predicted octanol–water partition coefficient (Wildman–Crippen LogP) is 0.232. The minimum Gasteiger partial charge on any atom is -0.395 e. The summed E-state index contributed by atoms with van der Waals surface area (Å²) in [6.45, 7) is 3.47. The maximum atomic E-state index is 9.27. The average Bonchev–Trinajstić information content (AvgIpc) is 2.61. The molecular formula is C10H21NO3S. The molecule has 1 aliphatic heterocycles. The molecule has 0 aromatic heterocycles. The van der Waals surface area contributed by atoms with E-state index >= 15 is 0 Å². The summed E-state index contributed by atoms with van der Waals surface area (Å²) in [5.41, 5.74) is 5.92. The standard InChI is InChI=1S/C10H21NO3S/c1-7-9(3-4-14-7)15-10(5-12)8(11)6-13-2/h7-10,12H,3-6,11H2,1-2H3. The fourth-order valence-corrected chi connectivity index (χ4v) is 3.04. The molecule has 1 aliphatic rings. The van der Waals surface area contributed by atoms with Crippen LogP contribution in [0.15, 0.2) is 0 Å². The lowest BCUT2D eigenvalue weighted by Crippen LogP contribution is -2.40. The third kappa shape index (κ3) is 3.92. The zero-order valence-electron chi connectivity index (χ0n) is 9.39. The van der Waals surface area contributed by atoms with Crippen molar-refractivity contribution in [3.8, 4) is 0 Å². The first-order chi connectivity index (χ1) is 7.19. The van der Waals surface area contributed by atoms with Crippen molar-refractivity contribution in [1.29, 1.82) is 0 Å². The summed E-state index contributed by atoms with van der Waals surface area (Å²) in [5, 5.41) is 9.76. The van der Waals surface area contributed by atoms with Gasteiger partial charge in [-0.3, -0.25) is 0 Å². The van der Waals surface area contributed by atoms with E-state index in [4.69, 9.17) is 15.2 Å². The Kier molecular flexibility index (Phi) is 5.92. The van der Waals surface area contributed by atoms with Crippen LogP contribution in [0.3, 0.4) is 0 Å². The maximum absolute atomic E-state index is 9.27. The highest BCUT2D eigenvalue weighted by molar-refractivity contribution is 8.00. The van der Waals surface area contributed by atoms with E-state index in [0.717, 1.165) is 13.0 Å². The molecule has 15 heavy (non-hydrogen) atoms. The van der Waals surface area contributed by atoms with Crippen molar-refractivity contribution < 1.29 is 14.6 Å². The van der Waals surface area contributed by atoms with Gasteiger partial charge in [0.1, 0.15) is 0 Å². The number of rotatable bonds is 6. The van der Waals surface area contributed by atoms with E-state index in [9.17, 15) is 5.11 Å². The van der Waals surface area contributed by atoms with Gasteiger partial charge in [-0.1, -0.05) is 0 Å². The van der Waals surface area contributed by atoms with Crippen LogP contribution in [0.2, 0.25) is 0 Å². The largest absolute Gasteiger partial charge is 0.395 e. The Bertz CT molecular complexity index is 182. The van der Waals surface area contributed by atoms with Crippen LogP contribution in [0.1, 0.15) is 13.3 Å². The predicted molar refractivity (Wildman–Crippen MR) is 62.1 cm³/mol. The SMILES string of the molecule is COCC(N)C(CO)SC1CCOC1C. The maximum Gasteiger partial charge on any atom is 0.0666 e. The number of aliphatic hydroxyl groups excluding tert-OH is 1. The number of aliphatic hydroxyl groups is 1. The van der Waals surface area contributed by atoms with E-state index in [2.05, 4.69) is 6.92 Å². The lowest BCUT2D eigenvalue weighted by Gasteiger charge is -2.25. The molecule has 0 spiro atoms. The Balaban J connectivity index is 2.38. The second-order valence-electron chi connectivity index (χ2n) is 3.88. The molecule has 5 heteroatoms. The Labute approximate surface area is 95.5 Å². The summed E-state index contributed by atoms with van der Waals surface area (Å²) in [6, 6.07) is -0.113. The summed E-state index contributed by atoms with van der Waals surface area (Å²) in [7, 11) is 1.63. The van der Waals surface area contributed by atoms with Gasteiger partial charge in [0, 0.05) is 30.3 Å². The molecule has 4 nitrogen and oxygen atoms in total. The minimum absolute atomic E-state index is 0.0408. The summed E-state index contributed by atoms with van der Waals surface area (Å²) in [4.78, 5) is 0. The molecule has 0 aliphatic carbocycles. The molecule has 3 N–H and O–H groups in total. The van der Waals surface area contributed by atoms with E-state index in [1.54, 1.807) is 18.9 Å². The van der Waals surface area contributed by atoms with E-state index in [1.807, 2.05) is 0 Å². The number of ether oxygens (including phenoxy) is 2. The van der Waals surface area contributed by atoms with Gasteiger partial charge in [0.05, 0.1) is 19.3 Å². The number of hydrogen-bond donors (Lipinski definition) is 2. The molecule has 90 valence electrons. The van der Waals surface area contributed by atoms with Gasteiger partial charge in [-0.15, -0.1) is 11.8 Å². The van der Waals surface area contributed by atoms with Gasteiger partial charge in [0.2, 0.25) is 0 Å². The van der Waals surface area contributed by atoms with Crippen molar-refractivity contribution in [2.75, 3.05) is 26.9 Å². The van der Waals surface area contributed by atoms with Crippen molar-refractivity contribution in [2.45, 2.75) is 36.0 Å². The second kappa shape index (κ2) is 6.70. The first-order valence-electron chi connectivity index (χ1n) is 5.31. The Morgan fingerprint density at radius 1 is 1.67 bits per heavy atom. The van der Waals surface area contributed by atoms with Gasteiger partial charge >= 0.3 is 0 Å². The van der Waals surface area contributed by atoms with Crippen LogP contribution in [0, 0.1) is 0 Å². The third-order valence-corrected chi connectivity index (χ3v) is 4.49. The molecule has 0 saturated carbocycles. The number of hydrogen-bond acceptors (Lipinski definition) is 5. The summed E-state index contributed by atoms with van der Waals surface area (Å²) in [5.74, 6) is 0. The summed E-state index contributed by atoms with van der Waals surface area (Å²) >= 11 is 1.73. The minimum atomic E-state index is -0.113. The Hall–Kier alpha value is 0.190. The molecule has 1 saturated heterocycles. The Morgan fingerprint density at radius 3 is 2.87 bits per heavy atom. The van der Waals surface area contributed by atoms with Crippen LogP contribution in [0.5, 0.6) is 0 Å². The van der Waals surface area contributed by atoms with Crippen molar-refractivity contribution in [1.82, 2.24) is 0 Å². The van der Waals surface area contributed by atoms with Gasteiger partial charge in [-0.25, -0.2) is 0 Å². The molecule has 0 aromatic carbocycles. The molecule has 1 rings (SSSR count). The fourth-order valence-electron chi connectivity index (χ4n) is 1.69. The van der Waals surface area contributed by atoms with Crippen LogP contribution in [0.4, 0.5) is 0 Å². The van der Waals surface area contributed by atoms with Gasteiger partial charge in [-0.05, 0) is 13.3 Å². The zero-order chi connectivity index (χ0) is 11.3. The van der Waals surface area contributed by atoms with E-state index in [1.165, 1.54) is 0 Å². The molecule has 0 amide bonds. The quantitative estimate of drug-likeness (QED) is 0.690. The molecule has 0 radical (unpaired) electrons. The van der Waals surface area contributed by atoms with Gasteiger partial charge in [0.25, 0.3) is 0 Å². The summed E-state index contributed by atoms with van der Waals surface area (Å²) in [6.07, 6.45) is 1.31. The van der Waals surface area contributed by atoms with E-state index in [0.29, 0.717) is 11.9 Å². The van der Waals surface area contributed by atoms with Crippen LogP contribution < -0.4 is 5.73 Å². The van der Waals surface area contributed by atoms with Crippen molar-refractivity contribution in [3.05, 3.63) is 0 Å². The van der Waals surface area contributed by atoms with E-state index in [-0.39, 0.29) is 24.0 Å². The third-order valence-electron chi connectivity index (χ3n) is 2.67. The molecular weight excluding hydrogens is 214 g/mol. The Morgan fingerprint density at radius 2 is 2.40 bits per heavy atom. The van der Waals surface area contributed by atoms with Crippen LogP contribution in [0.25, 0.3) is 0 Å². The highest BCUT2D eigenvalue weighted by Crippen LogP contribution is 2.30. The van der Waals surface area contributed by atoms with Crippen LogP contribution in [-0.2, 0) is 9.47 Å². The molecule has 0 aromatic rings. The van der Waals surface area contributed by atoms with Crippen molar-refractivity contribution in [2.24, 2.45) is 5.73 Å². The number of methoxy groups -OCH3 is 1. The lowest BCUT2D eigenvalue weighted by atomic mass is 10.2. The molecule has 4 unspecified atom stereocenters. The van der Waals surface area contributed by atoms with E-state index < -0.39 is 0 Å². The van der Waals surface area contributed by atoms with Crippen molar-refractivity contribution >= 4 is 11.8 Å². The highest BCUT2D eigenvalue weighted by Gasteiger charge is 2.29. The first kappa shape index (κ1) is 13.3. The van der Waals surface area contributed by atoms with Gasteiger partial charge in [-0.2, -0.15) is 0 Å². The first-order valence-corrected chi connectivity index (χ1v) is 6.25. The van der Waals surface area contributed by atoms with Crippen LogP contribution in [-0.4, -0.2) is 54.7 Å². The van der Waals surface area contributed by atoms with Crippen molar-refractivity contribution in [3.63, 3.8) is 0 Å².